The van der Waals surface area contributed by atoms with E-state index in [4.69, 9.17) is 4.74 Å². The van der Waals surface area contributed by atoms with Gasteiger partial charge in [0.2, 0.25) is 5.91 Å². The normalized spacial score (nSPS) is 18.9. The minimum absolute atomic E-state index is 0.0657. The molecule has 0 radical (unpaired) electrons. The molecule has 1 aromatic rings. The van der Waals surface area contributed by atoms with Crippen LogP contribution in [0.1, 0.15) is 31.2 Å². The van der Waals surface area contributed by atoms with Gasteiger partial charge >= 0.3 is 0 Å². The molecule has 0 aromatic heterocycles. The molecule has 0 saturated carbocycles. The standard InChI is InChI=1S/C14H18BrNO2/c1-10-9-11(15)4-6-13(10)16-14(17)7-5-12-3-2-8-18-12/h4,6,9,12H,2-3,5,7-8H2,1H3,(H,16,17). The third-order valence-corrected chi connectivity index (χ3v) is 3.67. The molecule has 1 aliphatic heterocycles. The van der Waals surface area contributed by atoms with E-state index in [1.807, 2.05) is 25.1 Å². The Kier molecular flexibility index (Phi) is 4.78. The summed E-state index contributed by atoms with van der Waals surface area (Å²) < 4.78 is 6.53. The SMILES string of the molecule is Cc1cc(Br)ccc1NC(=O)CCC1CCCO1. The summed E-state index contributed by atoms with van der Waals surface area (Å²) in [4.78, 5) is 11.8. The number of benzene rings is 1. The van der Waals surface area contributed by atoms with Gasteiger partial charge in [-0.05, 0) is 49.9 Å². The predicted molar refractivity (Wildman–Crippen MR) is 75.7 cm³/mol. The lowest BCUT2D eigenvalue weighted by molar-refractivity contribution is -0.116. The van der Waals surface area contributed by atoms with Crippen molar-refractivity contribution >= 4 is 27.5 Å². The molecule has 1 aromatic carbocycles. The second-order valence-corrected chi connectivity index (χ2v) is 5.60. The Hall–Kier alpha value is -0.870. The molecule has 2 rings (SSSR count). The molecule has 0 spiro atoms. The third-order valence-electron chi connectivity index (χ3n) is 3.18. The minimum atomic E-state index is 0.0657. The van der Waals surface area contributed by atoms with Gasteiger partial charge in [-0.25, -0.2) is 0 Å². The highest BCUT2D eigenvalue weighted by Crippen LogP contribution is 2.21. The first-order chi connectivity index (χ1) is 8.65. The molecule has 1 heterocycles. The monoisotopic (exact) mass is 311 g/mol. The number of hydrogen-bond acceptors (Lipinski definition) is 2. The van der Waals surface area contributed by atoms with E-state index in [9.17, 15) is 4.79 Å². The molecule has 1 N–H and O–H groups in total. The van der Waals surface area contributed by atoms with Gasteiger partial charge in [0.15, 0.2) is 0 Å². The van der Waals surface area contributed by atoms with Crippen LogP contribution in [0.5, 0.6) is 0 Å². The van der Waals surface area contributed by atoms with Crippen molar-refractivity contribution in [3.8, 4) is 0 Å². The smallest absolute Gasteiger partial charge is 0.224 e. The number of carbonyl (C=O) groups excluding carboxylic acids is 1. The van der Waals surface area contributed by atoms with E-state index in [2.05, 4.69) is 21.2 Å². The quantitative estimate of drug-likeness (QED) is 0.921. The summed E-state index contributed by atoms with van der Waals surface area (Å²) >= 11 is 3.41. The van der Waals surface area contributed by atoms with Gasteiger partial charge in [-0.3, -0.25) is 4.79 Å². The van der Waals surface area contributed by atoms with Gasteiger partial charge in [0.1, 0.15) is 0 Å². The molecule has 98 valence electrons. The average Bonchev–Trinajstić information content (AvgIpc) is 2.83. The van der Waals surface area contributed by atoms with E-state index in [0.717, 1.165) is 41.6 Å². The van der Waals surface area contributed by atoms with Gasteiger partial charge in [-0.2, -0.15) is 0 Å². The van der Waals surface area contributed by atoms with Crippen LogP contribution < -0.4 is 5.32 Å². The summed E-state index contributed by atoms with van der Waals surface area (Å²) in [6.45, 7) is 2.83. The lowest BCUT2D eigenvalue weighted by Crippen LogP contribution is -2.15. The Morgan fingerprint density at radius 2 is 2.39 bits per heavy atom. The Morgan fingerprint density at radius 3 is 3.06 bits per heavy atom. The largest absolute Gasteiger partial charge is 0.378 e. The van der Waals surface area contributed by atoms with Crippen LogP contribution in [0.15, 0.2) is 22.7 Å². The van der Waals surface area contributed by atoms with Crippen LogP contribution in [0.3, 0.4) is 0 Å². The van der Waals surface area contributed by atoms with E-state index < -0.39 is 0 Å². The number of anilines is 1. The first kappa shape index (κ1) is 13.6. The van der Waals surface area contributed by atoms with Crippen LogP contribution in [-0.4, -0.2) is 18.6 Å². The molecule has 1 fully saturated rings. The fourth-order valence-electron chi connectivity index (χ4n) is 2.14. The van der Waals surface area contributed by atoms with Crippen LogP contribution in [-0.2, 0) is 9.53 Å². The molecular formula is C14H18BrNO2. The van der Waals surface area contributed by atoms with Gasteiger partial charge in [-0.15, -0.1) is 0 Å². The van der Waals surface area contributed by atoms with E-state index in [-0.39, 0.29) is 12.0 Å². The van der Waals surface area contributed by atoms with E-state index in [0.29, 0.717) is 6.42 Å². The molecule has 3 nitrogen and oxygen atoms in total. The number of ether oxygens (including phenoxy) is 1. The van der Waals surface area contributed by atoms with Gasteiger partial charge < -0.3 is 10.1 Å². The summed E-state index contributed by atoms with van der Waals surface area (Å²) in [5.74, 6) is 0.0657. The highest BCUT2D eigenvalue weighted by molar-refractivity contribution is 9.10. The van der Waals surface area contributed by atoms with E-state index >= 15 is 0 Å². The summed E-state index contributed by atoms with van der Waals surface area (Å²) in [5, 5.41) is 2.95. The number of halogens is 1. The Balaban J connectivity index is 1.82. The maximum atomic E-state index is 11.8. The average molecular weight is 312 g/mol. The van der Waals surface area contributed by atoms with Crippen LogP contribution in [0, 0.1) is 6.92 Å². The maximum Gasteiger partial charge on any atom is 0.224 e. The van der Waals surface area contributed by atoms with Crippen molar-refractivity contribution < 1.29 is 9.53 Å². The first-order valence-electron chi connectivity index (χ1n) is 6.33. The number of hydrogen-bond donors (Lipinski definition) is 1. The Labute approximate surface area is 116 Å². The predicted octanol–water partition coefficient (Wildman–Crippen LogP) is 3.66. The molecular weight excluding hydrogens is 294 g/mol. The summed E-state index contributed by atoms with van der Waals surface area (Å²) in [6.07, 6.45) is 3.84. The fraction of sp³-hybridized carbons (Fsp3) is 0.500. The van der Waals surface area contributed by atoms with Gasteiger partial charge in [0.05, 0.1) is 6.10 Å². The van der Waals surface area contributed by atoms with Crippen molar-refractivity contribution in [3.63, 3.8) is 0 Å². The second kappa shape index (κ2) is 6.34. The molecule has 1 saturated heterocycles. The summed E-state index contributed by atoms with van der Waals surface area (Å²) in [7, 11) is 0. The van der Waals surface area contributed by atoms with Crippen LogP contribution >= 0.6 is 15.9 Å². The zero-order valence-electron chi connectivity index (χ0n) is 10.5. The molecule has 18 heavy (non-hydrogen) atoms. The van der Waals surface area contributed by atoms with Crippen molar-refractivity contribution in [2.45, 2.75) is 38.7 Å². The van der Waals surface area contributed by atoms with Crippen molar-refractivity contribution in [2.75, 3.05) is 11.9 Å². The van der Waals surface area contributed by atoms with E-state index in [1.165, 1.54) is 0 Å². The molecule has 4 heteroatoms. The first-order valence-corrected chi connectivity index (χ1v) is 7.12. The van der Waals surface area contributed by atoms with Gasteiger partial charge in [0, 0.05) is 23.2 Å². The van der Waals surface area contributed by atoms with Crippen molar-refractivity contribution in [1.29, 1.82) is 0 Å². The second-order valence-electron chi connectivity index (χ2n) is 4.68. The zero-order chi connectivity index (χ0) is 13.0. The zero-order valence-corrected chi connectivity index (χ0v) is 12.1. The van der Waals surface area contributed by atoms with Crippen molar-refractivity contribution in [2.24, 2.45) is 0 Å². The molecule has 1 aliphatic rings. The molecule has 0 aliphatic carbocycles. The minimum Gasteiger partial charge on any atom is -0.378 e. The van der Waals surface area contributed by atoms with Gasteiger partial charge in [0.25, 0.3) is 0 Å². The number of aryl methyl sites for hydroxylation is 1. The molecule has 1 unspecified atom stereocenters. The Bertz CT molecular complexity index is 428. The summed E-state index contributed by atoms with van der Waals surface area (Å²) in [5.41, 5.74) is 1.95. The number of carbonyl (C=O) groups is 1. The third kappa shape index (κ3) is 3.82. The number of nitrogens with one attached hydrogen (secondary N) is 1. The highest BCUT2D eigenvalue weighted by Gasteiger charge is 2.16. The van der Waals surface area contributed by atoms with Crippen LogP contribution in [0.4, 0.5) is 5.69 Å². The summed E-state index contributed by atoms with van der Waals surface area (Å²) in [6, 6.07) is 5.85. The molecule has 1 atom stereocenters. The van der Waals surface area contributed by atoms with Gasteiger partial charge in [-0.1, -0.05) is 15.9 Å². The van der Waals surface area contributed by atoms with Crippen molar-refractivity contribution in [3.05, 3.63) is 28.2 Å². The highest BCUT2D eigenvalue weighted by atomic mass is 79.9. The fourth-order valence-corrected chi connectivity index (χ4v) is 2.62. The molecule has 0 bridgehead atoms. The number of amides is 1. The van der Waals surface area contributed by atoms with Crippen LogP contribution in [0.25, 0.3) is 0 Å². The Morgan fingerprint density at radius 1 is 1.56 bits per heavy atom. The lowest BCUT2D eigenvalue weighted by Gasteiger charge is -2.11. The van der Waals surface area contributed by atoms with E-state index in [1.54, 1.807) is 0 Å². The van der Waals surface area contributed by atoms with Crippen LogP contribution in [0.2, 0.25) is 0 Å². The molecule has 1 amide bonds. The lowest BCUT2D eigenvalue weighted by atomic mass is 10.1. The number of rotatable bonds is 4. The maximum absolute atomic E-state index is 11.8. The topological polar surface area (TPSA) is 38.3 Å². The van der Waals surface area contributed by atoms with Crippen molar-refractivity contribution in [1.82, 2.24) is 0 Å².